The fourth-order valence-electron chi connectivity index (χ4n) is 2.88. The van der Waals surface area contributed by atoms with E-state index < -0.39 is 0 Å². The zero-order chi connectivity index (χ0) is 15.4. The third kappa shape index (κ3) is 3.32. The van der Waals surface area contributed by atoms with Crippen molar-refractivity contribution in [1.29, 1.82) is 0 Å². The van der Waals surface area contributed by atoms with E-state index in [-0.39, 0.29) is 5.82 Å². The quantitative estimate of drug-likeness (QED) is 0.936. The Morgan fingerprint density at radius 3 is 3.09 bits per heavy atom. The lowest BCUT2D eigenvalue weighted by molar-refractivity contribution is 0.442. The van der Waals surface area contributed by atoms with Crippen molar-refractivity contribution in [2.24, 2.45) is 0 Å². The summed E-state index contributed by atoms with van der Waals surface area (Å²) < 4.78 is 13.2. The highest BCUT2D eigenvalue weighted by atomic mass is 19.1. The van der Waals surface area contributed by atoms with Crippen molar-refractivity contribution in [3.63, 3.8) is 0 Å². The van der Waals surface area contributed by atoms with Crippen LogP contribution in [0.1, 0.15) is 32.6 Å². The van der Waals surface area contributed by atoms with Crippen LogP contribution in [-0.2, 0) is 0 Å². The van der Waals surface area contributed by atoms with E-state index in [2.05, 4.69) is 32.3 Å². The first-order valence-corrected chi connectivity index (χ1v) is 7.75. The molecular formula is C16H20FN5. The molecule has 5 nitrogen and oxygen atoms in total. The molecule has 1 N–H and O–H groups in total. The van der Waals surface area contributed by atoms with Crippen molar-refractivity contribution in [2.45, 2.75) is 38.6 Å². The summed E-state index contributed by atoms with van der Waals surface area (Å²) in [6.07, 6.45) is 6.21. The lowest BCUT2D eigenvalue weighted by atomic mass is 10.0. The minimum absolute atomic E-state index is 0.283. The van der Waals surface area contributed by atoms with Gasteiger partial charge in [-0.2, -0.15) is 10.1 Å². The van der Waals surface area contributed by atoms with Gasteiger partial charge in [-0.05, 0) is 43.9 Å². The number of piperidine rings is 1. The molecule has 0 bridgehead atoms. The summed E-state index contributed by atoms with van der Waals surface area (Å²) in [7, 11) is 0. The predicted octanol–water partition coefficient (Wildman–Crippen LogP) is 3.52. The van der Waals surface area contributed by atoms with Crippen molar-refractivity contribution < 1.29 is 4.39 Å². The van der Waals surface area contributed by atoms with E-state index >= 15 is 0 Å². The van der Waals surface area contributed by atoms with Crippen molar-refractivity contribution in [1.82, 2.24) is 15.2 Å². The topological polar surface area (TPSA) is 53.9 Å². The first-order chi connectivity index (χ1) is 10.8. The number of aromatic nitrogens is 3. The highest BCUT2D eigenvalue weighted by Crippen LogP contribution is 2.24. The number of hydrogen-bond acceptors (Lipinski definition) is 5. The minimum Gasteiger partial charge on any atom is -0.339 e. The average molecular weight is 301 g/mol. The summed E-state index contributed by atoms with van der Waals surface area (Å²) in [6.45, 7) is 3.15. The van der Waals surface area contributed by atoms with Gasteiger partial charge in [0.15, 0.2) is 5.82 Å². The second-order valence-corrected chi connectivity index (χ2v) is 5.53. The number of nitrogens with one attached hydrogen (secondary N) is 1. The maximum atomic E-state index is 13.2. The maximum Gasteiger partial charge on any atom is 0.247 e. The molecule has 0 aliphatic carbocycles. The van der Waals surface area contributed by atoms with Crippen LogP contribution in [0.2, 0.25) is 0 Å². The maximum absolute atomic E-state index is 13.2. The Bertz CT molecular complexity index is 633. The van der Waals surface area contributed by atoms with Gasteiger partial charge in [-0.1, -0.05) is 13.0 Å². The van der Waals surface area contributed by atoms with Crippen LogP contribution >= 0.6 is 0 Å². The van der Waals surface area contributed by atoms with E-state index in [1.807, 2.05) is 0 Å². The Morgan fingerprint density at radius 2 is 2.27 bits per heavy atom. The number of anilines is 3. The van der Waals surface area contributed by atoms with Gasteiger partial charge in [0, 0.05) is 18.3 Å². The molecule has 1 aromatic heterocycles. The molecule has 1 atom stereocenters. The van der Waals surface area contributed by atoms with Gasteiger partial charge in [0.2, 0.25) is 5.95 Å². The summed E-state index contributed by atoms with van der Waals surface area (Å²) in [5.74, 6) is 0.943. The highest BCUT2D eigenvalue weighted by Gasteiger charge is 2.23. The van der Waals surface area contributed by atoms with Gasteiger partial charge in [0.05, 0.1) is 6.20 Å². The van der Waals surface area contributed by atoms with Crippen LogP contribution in [0.25, 0.3) is 0 Å². The molecule has 1 fully saturated rings. The van der Waals surface area contributed by atoms with Gasteiger partial charge in [-0.15, -0.1) is 5.10 Å². The van der Waals surface area contributed by atoms with Crippen molar-refractivity contribution in [3.8, 4) is 0 Å². The molecule has 116 valence electrons. The molecule has 3 rings (SSSR count). The zero-order valence-corrected chi connectivity index (χ0v) is 12.7. The smallest absolute Gasteiger partial charge is 0.247 e. The standard InChI is InChI=1S/C16H20FN5/c1-2-14-8-3-4-9-22(14)16-20-15(11-18-21-16)19-13-7-5-6-12(17)10-13/h5-7,10-11,14H,2-4,8-9H2,1H3,(H,19,20,21). The van der Waals surface area contributed by atoms with E-state index in [4.69, 9.17) is 0 Å². The van der Waals surface area contributed by atoms with E-state index in [9.17, 15) is 4.39 Å². The Balaban J connectivity index is 1.80. The average Bonchev–Trinajstić information content (AvgIpc) is 2.55. The SMILES string of the molecule is CCC1CCCCN1c1nncc(Nc2cccc(F)c2)n1. The summed E-state index contributed by atoms with van der Waals surface area (Å²) in [5.41, 5.74) is 0.650. The molecule has 6 heteroatoms. The van der Waals surface area contributed by atoms with Crippen LogP contribution in [0.3, 0.4) is 0 Å². The fourth-order valence-corrected chi connectivity index (χ4v) is 2.88. The second-order valence-electron chi connectivity index (χ2n) is 5.53. The van der Waals surface area contributed by atoms with Crippen LogP contribution in [0.4, 0.5) is 21.8 Å². The predicted molar refractivity (Wildman–Crippen MR) is 84.8 cm³/mol. The van der Waals surface area contributed by atoms with Gasteiger partial charge >= 0.3 is 0 Å². The number of rotatable bonds is 4. The number of halogens is 1. The Morgan fingerprint density at radius 1 is 1.36 bits per heavy atom. The molecule has 1 unspecified atom stereocenters. The monoisotopic (exact) mass is 301 g/mol. The Hall–Kier alpha value is -2.24. The minimum atomic E-state index is -0.283. The lowest BCUT2D eigenvalue weighted by Gasteiger charge is -2.34. The molecule has 0 saturated carbocycles. The molecule has 1 aliphatic rings. The van der Waals surface area contributed by atoms with Crippen LogP contribution in [-0.4, -0.2) is 27.8 Å². The molecule has 2 heterocycles. The zero-order valence-electron chi connectivity index (χ0n) is 12.7. The first kappa shape index (κ1) is 14.7. The second kappa shape index (κ2) is 6.68. The van der Waals surface area contributed by atoms with E-state index in [0.29, 0.717) is 23.5 Å². The Kier molecular flexibility index (Phi) is 4.46. The molecular weight excluding hydrogens is 281 g/mol. The largest absolute Gasteiger partial charge is 0.339 e. The number of benzene rings is 1. The highest BCUT2D eigenvalue weighted by molar-refractivity contribution is 5.56. The van der Waals surface area contributed by atoms with Crippen LogP contribution in [0.5, 0.6) is 0 Å². The molecule has 22 heavy (non-hydrogen) atoms. The van der Waals surface area contributed by atoms with E-state index in [1.165, 1.54) is 25.0 Å². The van der Waals surface area contributed by atoms with Crippen molar-refractivity contribution >= 4 is 17.5 Å². The summed E-state index contributed by atoms with van der Waals surface area (Å²) >= 11 is 0. The number of hydrogen-bond donors (Lipinski definition) is 1. The third-order valence-electron chi connectivity index (χ3n) is 4.00. The normalized spacial score (nSPS) is 18.3. The molecule has 0 spiro atoms. The van der Waals surface area contributed by atoms with Gasteiger partial charge in [-0.25, -0.2) is 4.39 Å². The molecule has 1 aromatic carbocycles. The van der Waals surface area contributed by atoms with Crippen LogP contribution in [0.15, 0.2) is 30.5 Å². The fraction of sp³-hybridized carbons (Fsp3) is 0.438. The van der Waals surface area contributed by atoms with E-state index in [1.54, 1.807) is 18.3 Å². The van der Waals surface area contributed by atoms with Crippen molar-refractivity contribution in [2.75, 3.05) is 16.8 Å². The van der Waals surface area contributed by atoms with Gasteiger partial charge in [0.25, 0.3) is 0 Å². The lowest BCUT2D eigenvalue weighted by Crippen LogP contribution is -2.40. The van der Waals surface area contributed by atoms with Crippen LogP contribution in [0, 0.1) is 5.82 Å². The van der Waals surface area contributed by atoms with Gasteiger partial charge < -0.3 is 10.2 Å². The third-order valence-corrected chi connectivity index (χ3v) is 4.00. The first-order valence-electron chi connectivity index (χ1n) is 7.75. The molecule has 2 aromatic rings. The molecule has 0 amide bonds. The summed E-state index contributed by atoms with van der Waals surface area (Å²) in [6, 6.07) is 6.76. The van der Waals surface area contributed by atoms with Crippen LogP contribution < -0.4 is 10.2 Å². The van der Waals surface area contributed by atoms with Gasteiger partial charge in [-0.3, -0.25) is 0 Å². The number of nitrogens with zero attached hydrogens (tertiary/aromatic N) is 4. The summed E-state index contributed by atoms with van der Waals surface area (Å²) in [4.78, 5) is 6.77. The molecule has 1 aliphatic heterocycles. The van der Waals surface area contributed by atoms with Crippen molar-refractivity contribution in [3.05, 3.63) is 36.3 Å². The van der Waals surface area contributed by atoms with Gasteiger partial charge in [0.1, 0.15) is 5.82 Å². The Labute approximate surface area is 129 Å². The molecule has 1 saturated heterocycles. The summed E-state index contributed by atoms with van der Waals surface area (Å²) in [5, 5.41) is 11.3. The molecule has 0 radical (unpaired) electrons. The van der Waals surface area contributed by atoms with E-state index in [0.717, 1.165) is 19.4 Å².